The van der Waals surface area contributed by atoms with Crippen LogP contribution < -0.4 is 5.73 Å². The van der Waals surface area contributed by atoms with E-state index in [2.05, 4.69) is 15.9 Å². The van der Waals surface area contributed by atoms with Gasteiger partial charge in [0.1, 0.15) is 18.2 Å². The smallest absolute Gasteiger partial charge is 0.341 e. The average Bonchev–Trinajstić information content (AvgIpc) is 2.39. The van der Waals surface area contributed by atoms with E-state index in [9.17, 15) is 13.6 Å². The van der Waals surface area contributed by atoms with E-state index in [0.717, 1.165) is 6.07 Å². The van der Waals surface area contributed by atoms with Crippen LogP contribution in [0.25, 0.3) is 0 Å². The Kier molecular flexibility index (Phi) is 4.34. The number of hydrogen-bond acceptors (Lipinski definition) is 3. The Morgan fingerprint density at radius 3 is 2.60 bits per heavy atom. The van der Waals surface area contributed by atoms with Crippen LogP contribution in [0, 0.1) is 11.6 Å². The van der Waals surface area contributed by atoms with Crippen LogP contribution in [-0.2, 0) is 11.3 Å². The van der Waals surface area contributed by atoms with Crippen LogP contribution in [0.2, 0.25) is 0 Å². The fourth-order valence-electron chi connectivity index (χ4n) is 1.57. The molecule has 3 nitrogen and oxygen atoms in total. The second-order valence-electron chi connectivity index (χ2n) is 4.05. The second kappa shape index (κ2) is 6.00. The zero-order chi connectivity index (χ0) is 14.7. The standard InChI is InChI=1S/C14H10BrF2NO2/c15-9-1-4-12(16)8(5-9)7-20-14(19)11-3-2-10(18)6-13(11)17/h1-6H,7,18H2. The van der Waals surface area contributed by atoms with Gasteiger partial charge in [0.2, 0.25) is 0 Å². The van der Waals surface area contributed by atoms with Crippen molar-refractivity contribution in [2.24, 2.45) is 0 Å². The molecule has 0 aliphatic heterocycles. The predicted octanol–water partition coefficient (Wildman–Crippen LogP) is 3.67. The van der Waals surface area contributed by atoms with E-state index in [1.54, 1.807) is 0 Å². The van der Waals surface area contributed by atoms with Crippen molar-refractivity contribution >= 4 is 27.6 Å². The number of hydrogen-bond donors (Lipinski definition) is 1. The molecule has 2 N–H and O–H groups in total. The zero-order valence-electron chi connectivity index (χ0n) is 10.2. The summed E-state index contributed by atoms with van der Waals surface area (Å²) in [6.07, 6.45) is 0. The van der Waals surface area contributed by atoms with Crippen molar-refractivity contribution in [3.63, 3.8) is 0 Å². The summed E-state index contributed by atoms with van der Waals surface area (Å²) in [4.78, 5) is 11.7. The monoisotopic (exact) mass is 341 g/mol. The minimum Gasteiger partial charge on any atom is -0.457 e. The highest BCUT2D eigenvalue weighted by molar-refractivity contribution is 9.10. The average molecular weight is 342 g/mol. The molecule has 0 aliphatic carbocycles. The van der Waals surface area contributed by atoms with Crippen molar-refractivity contribution in [2.45, 2.75) is 6.61 Å². The lowest BCUT2D eigenvalue weighted by Gasteiger charge is -2.07. The Hall–Kier alpha value is -1.95. The molecule has 0 fully saturated rings. The number of nitrogens with two attached hydrogens (primary N) is 1. The third kappa shape index (κ3) is 3.33. The lowest BCUT2D eigenvalue weighted by Crippen LogP contribution is -2.08. The molecule has 0 spiro atoms. The molecule has 0 saturated heterocycles. The van der Waals surface area contributed by atoms with Gasteiger partial charge in [-0.05, 0) is 36.4 Å². The van der Waals surface area contributed by atoms with Crippen molar-refractivity contribution in [1.82, 2.24) is 0 Å². The maximum absolute atomic E-state index is 13.5. The minimum absolute atomic E-state index is 0.198. The van der Waals surface area contributed by atoms with Crippen LogP contribution in [0.15, 0.2) is 40.9 Å². The zero-order valence-corrected chi connectivity index (χ0v) is 11.8. The highest BCUT2D eigenvalue weighted by Gasteiger charge is 2.14. The molecule has 0 unspecified atom stereocenters. The van der Waals surface area contributed by atoms with Crippen molar-refractivity contribution in [1.29, 1.82) is 0 Å². The van der Waals surface area contributed by atoms with Gasteiger partial charge in [-0.1, -0.05) is 15.9 Å². The van der Waals surface area contributed by atoms with Gasteiger partial charge in [0, 0.05) is 15.7 Å². The maximum Gasteiger partial charge on any atom is 0.341 e. The quantitative estimate of drug-likeness (QED) is 0.684. The summed E-state index contributed by atoms with van der Waals surface area (Å²) < 4.78 is 32.5. The van der Waals surface area contributed by atoms with Crippen molar-refractivity contribution in [2.75, 3.05) is 5.73 Å². The predicted molar refractivity (Wildman–Crippen MR) is 74.0 cm³/mol. The van der Waals surface area contributed by atoms with Crippen molar-refractivity contribution in [3.8, 4) is 0 Å². The lowest BCUT2D eigenvalue weighted by molar-refractivity contribution is 0.0463. The van der Waals surface area contributed by atoms with Crippen LogP contribution in [0.5, 0.6) is 0 Å². The summed E-state index contributed by atoms with van der Waals surface area (Å²) >= 11 is 3.19. The Bertz CT molecular complexity index is 662. The molecule has 20 heavy (non-hydrogen) atoms. The molecule has 2 rings (SSSR count). The molecule has 6 heteroatoms. The van der Waals surface area contributed by atoms with Crippen molar-refractivity contribution in [3.05, 3.63) is 63.6 Å². The molecule has 2 aromatic carbocycles. The third-order valence-electron chi connectivity index (χ3n) is 2.58. The topological polar surface area (TPSA) is 52.3 Å². The minimum atomic E-state index is -0.873. The molecule has 2 aromatic rings. The molecule has 0 saturated carbocycles. The number of anilines is 1. The molecule has 0 aromatic heterocycles. The Morgan fingerprint density at radius 2 is 1.90 bits per heavy atom. The van der Waals surface area contributed by atoms with Crippen LogP contribution in [0.4, 0.5) is 14.5 Å². The molecule has 0 aliphatic rings. The molecular weight excluding hydrogens is 332 g/mol. The van der Waals surface area contributed by atoms with Crippen molar-refractivity contribution < 1.29 is 18.3 Å². The Morgan fingerprint density at radius 1 is 1.15 bits per heavy atom. The van der Waals surface area contributed by atoms with Crippen LogP contribution >= 0.6 is 15.9 Å². The van der Waals surface area contributed by atoms with Gasteiger partial charge < -0.3 is 10.5 Å². The summed E-state index contributed by atoms with van der Waals surface area (Å²) in [5.41, 5.74) is 5.54. The first-order valence-corrected chi connectivity index (χ1v) is 6.43. The number of halogens is 3. The first-order valence-electron chi connectivity index (χ1n) is 5.63. The van der Waals surface area contributed by atoms with Gasteiger partial charge in [0.25, 0.3) is 0 Å². The first-order chi connectivity index (χ1) is 9.47. The van der Waals surface area contributed by atoms with E-state index in [1.165, 1.54) is 30.3 Å². The number of ether oxygens (including phenoxy) is 1. The van der Waals surface area contributed by atoms with Gasteiger partial charge in [-0.3, -0.25) is 0 Å². The summed E-state index contributed by atoms with van der Waals surface area (Å²) in [5, 5.41) is 0. The van der Waals surface area contributed by atoms with E-state index in [-0.39, 0.29) is 23.4 Å². The SMILES string of the molecule is Nc1ccc(C(=O)OCc2cc(Br)ccc2F)c(F)c1. The summed E-state index contributed by atoms with van der Waals surface area (Å²) in [6, 6.07) is 7.90. The summed E-state index contributed by atoms with van der Waals surface area (Å²) in [6.45, 7) is -0.284. The molecule has 0 amide bonds. The molecule has 104 valence electrons. The normalized spacial score (nSPS) is 10.3. The van der Waals surface area contributed by atoms with Crippen LogP contribution in [0.1, 0.15) is 15.9 Å². The summed E-state index contributed by atoms with van der Waals surface area (Å²) in [7, 11) is 0. The number of carbonyl (C=O) groups excluding carboxylic acids is 1. The van der Waals surface area contributed by atoms with Gasteiger partial charge in [-0.2, -0.15) is 0 Å². The number of rotatable bonds is 3. The van der Waals surface area contributed by atoms with Gasteiger partial charge >= 0.3 is 5.97 Å². The van der Waals surface area contributed by atoms with E-state index in [4.69, 9.17) is 10.5 Å². The highest BCUT2D eigenvalue weighted by Crippen LogP contribution is 2.18. The van der Waals surface area contributed by atoms with Gasteiger partial charge in [0.05, 0.1) is 5.56 Å². The number of esters is 1. The molecule has 0 radical (unpaired) electrons. The largest absolute Gasteiger partial charge is 0.457 e. The number of benzene rings is 2. The number of nitrogen functional groups attached to an aromatic ring is 1. The van der Waals surface area contributed by atoms with Gasteiger partial charge in [-0.15, -0.1) is 0 Å². The molecule has 0 heterocycles. The van der Waals surface area contributed by atoms with E-state index >= 15 is 0 Å². The van der Waals surface area contributed by atoms with Crippen LogP contribution in [-0.4, -0.2) is 5.97 Å². The third-order valence-corrected chi connectivity index (χ3v) is 3.07. The second-order valence-corrected chi connectivity index (χ2v) is 4.97. The molecule has 0 bridgehead atoms. The first kappa shape index (κ1) is 14.5. The fraction of sp³-hybridized carbons (Fsp3) is 0.0714. The lowest BCUT2D eigenvalue weighted by atomic mass is 10.2. The van der Waals surface area contributed by atoms with Gasteiger partial charge in [-0.25, -0.2) is 13.6 Å². The Labute approximate surface area is 122 Å². The highest BCUT2D eigenvalue weighted by atomic mass is 79.9. The van der Waals surface area contributed by atoms with E-state index in [0.29, 0.717) is 4.47 Å². The Balaban J connectivity index is 2.10. The fourth-order valence-corrected chi connectivity index (χ4v) is 1.98. The molecule has 0 atom stereocenters. The molecular formula is C14H10BrF2NO2. The summed E-state index contributed by atoms with van der Waals surface area (Å²) in [5.74, 6) is -2.15. The van der Waals surface area contributed by atoms with Crippen LogP contribution in [0.3, 0.4) is 0 Å². The maximum atomic E-state index is 13.5. The number of carbonyl (C=O) groups is 1. The van der Waals surface area contributed by atoms with Gasteiger partial charge in [0.15, 0.2) is 0 Å². The van der Waals surface area contributed by atoms with E-state index < -0.39 is 17.6 Å². The van der Waals surface area contributed by atoms with E-state index in [1.807, 2.05) is 0 Å².